The molecule has 2 aliphatic rings. The molecule has 0 saturated carbocycles. The van der Waals surface area contributed by atoms with E-state index in [-0.39, 0.29) is 30.7 Å². The number of hydrogen-bond acceptors (Lipinski definition) is 3. The molecule has 1 N–H and O–H groups in total. The van der Waals surface area contributed by atoms with E-state index in [0.29, 0.717) is 32.5 Å². The van der Waals surface area contributed by atoms with Gasteiger partial charge in [0.15, 0.2) is 0 Å². The van der Waals surface area contributed by atoms with Gasteiger partial charge in [0.05, 0.1) is 11.8 Å². The van der Waals surface area contributed by atoms with Gasteiger partial charge in [0.25, 0.3) is 0 Å². The van der Waals surface area contributed by atoms with Crippen LogP contribution in [0.4, 0.5) is 0 Å². The number of likely N-dealkylation sites (tertiary alicyclic amines) is 2. The molecule has 0 bridgehead atoms. The molecule has 6 heteroatoms. The van der Waals surface area contributed by atoms with Crippen LogP contribution in [0.3, 0.4) is 0 Å². The van der Waals surface area contributed by atoms with Crippen molar-refractivity contribution < 1.29 is 19.5 Å². The second kappa shape index (κ2) is 7.68. The van der Waals surface area contributed by atoms with Gasteiger partial charge in [-0.3, -0.25) is 14.4 Å². The number of carbonyl (C=O) groups excluding carboxylic acids is 2. The Balaban J connectivity index is 1.54. The fourth-order valence-corrected chi connectivity index (χ4v) is 3.70. The molecule has 2 aliphatic heterocycles. The van der Waals surface area contributed by atoms with Crippen molar-refractivity contribution in [3.8, 4) is 0 Å². The van der Waals surface area contributed by atoms with Crippen LogP contribution < -0.4 is 0 Å². The molecule has 6 nitrogen and oxygen atoms in total. The van der Waals surface area contributed by atoms with Crippen LogP contribution in [0, 0.1) is 11.8 Å². The molecule has 2 unspecified atom stereocenters. The first kappa shape index (κ1) is 17.5. The molecule has 25 heavy (non-hydrogen) atoms. The van der Waals surface area contributed by atoms with Crippen molar-refractivity contribution in [1.82, 2.24) is 9.80 Å². The number of aliphatic carboxylic acids is 1. The number of amides is 2. The van der Waals surface area contributed by atoms with Crippen molar-refractivity contribution in [2.45, 2.75) is 25.7 Å². The van der Waals surface area contributed by atoms with Gasteiger partial charge in [-0.05, 0) is 24.8 Å². The van der Waals surface area contributed by atoms with E-state index in [2.05, 4.69) is 0 Å². The number of carboxylic acids is 1. The SMILES string of the molecule is O=C(O)C1CCCN(C(=O)C2CC(=O)N(CCc3ccccc3)C2)C1. The molecule has 0 aromatic heterocycles. The molecule has 2 heterocycles. The van der Waals surface area contributed by atoms with Crippen LogP contribution >= 0.6 is 0 Å². The highest BCUT2D eigenvalue weighted by Crippen LogP contribution is 2.24. The molecular weight excluding hydrogens is 320 g/mol. The van der Waals surface area contributed by atoms with Gasteiger partial charge in [-0.1, -0.05) is 30.3 Å². The highest BCUT2D eigenvalue weighted by molar-refractivity contribution is 5.89. The van der Waals surface area contributed by atoms with E-state index in [1.165, 1.54) is 5.56 Å². The zero-order valence-electron chi connectivity index (χ0n) is 14.3. The van der Waals surface area contributed by atoms with Crippen molar-refractivity contribution >= 4 is 17.8 Å². The normalized spacial score (nSPS) is 23.8. The van der Waals surface area contributed by atoms with Gasteiger partial charge in [0.1, 0.15) is 0 Å². The lowest BCUT2D eigenvalue weighted by atomic mass is 9.96. The summed E-state index contributed by atoms with van der Waals surface area (Å²) in [6.07, 6.45) is 2.34. The zero-order valence-corrected chi connectivity index (χ0v) is 14.3. The monoisotopic (exact) mass is 344 g/mol. The van der Waals surface area contributed by atoms with Crippen molar-refractivity contribution in [3.63, 3.8) is 0 Å². The Morgan fingerprint density at radius 2 is 1.88 bits per heavy atom. The topological polar surface area (TPSA) is 77.9 Å². The van der Waals surface area contributed by atoms with Crippen LogP contribution in [-0.4, -0.2) is 58.9 Å². The van der Waals surface area contributed by atoms with Crippen LogP contribution in [0.2, 0.25) is 0 Å². The summed E-state index contributed by atoms with van der Waals surface area (Å²) in [6.45, 7) is 1.92. The Hall–Kier alpha value is -2.37. The van der Waals surface area contributed by atoms with Gasteiger partial charge < -0.3 is 14.9 Å². The number of carboxylic acid groups (broad SMARTS) is 1. The number of benzene rings is 1. The van der Waals surface area contributed by atoms with Crippen molar-refractivity contribution in [2.24, 2.45) is 11.8 Å². The highest BCUT2D eigenvalue weighted by Gasteiger charge is 2.38. The van der Waals surface area contributed by atoms with E-state index in [4.69, 9.17) is 5.11 Å². The average Bonchev–Trinajstić information content (AvgIpc) is 3.01. The van der Waals surface area contributed by atoms with Crippen LogP contribution in [0.25, 0.3) is 0 Å². The average molecular weight is 344 g/mol. The van der Waals surface area contributed by atoms with Gasteiger partial charge >= 0.3 is 5.97 Å². The lowest BCUT2D eigenvalue weighted by Crippen LogP contribution is -2.45. The molecule has 2 saturated heterocycles. The predicted molar refractivity (Wildman–Crippen MR) is 91.8 cm³/mol. The van der Waals surface area contributed by atoms with E-state index < -0.39 is 11.9 Å². The van der Waals surface area contributed by atoms with Gasteiger partial charge in [0.2, 0.25) is 11.8 Å². The lowest BCUT2D eigenvalue weighted by molar-refractivity contribution is -0.146. The maximum absolute atomic E-state index is 12.7. The number of nitrogens with zero attached hydrogens (tertiary/aromatic N) is 2. The second-order valence-corrected chi connectivity index (χ2v) is 6.94. The van der Waals surface area contributed by atoms with Crippen LogP contribution in [0.5, 0.6) is 0 Å². The summed E-state index contributed by atoms with van der Waals surface area (Å²) >= 11 is 0. The Morgan fingerprint density at radius 1 is 1.12 bits per heavy atom. The Kier molecular flexibility index (Phi) is 5.36. The standard InChI is InChI=1S/C19H24N2O4/c22-17-11-16(13-20(17)10-8-14-5-2-1-3-6-14)18(23)21-9-4-7-15(12-21)19(24)25/h1-3,5-6,15-16H,4,7-13H2,(H,24,25). The van der Waals surface area contributed by atoms with Crippen molar-refractivity contribution in [2.75, 3.05) is 26.2 Å². The second-order valence-electron chi connectivity index (χ2n) is 6.94. The molecule has 1 aromatic carbocycles. The summed E-state index contributed by atoms with van der Waals surface area (Å²) in [5, 5.41) is 9.17. The molecular formula is C19H24N2O4. The molecule has 2 amide bonds. The van der Waals surface area contributed by atoms with E-state index >= 15 is 0 Å². The summed E-state index contributed by atoms with van der Waals surface area (Å²) in [4.78, 5) is 39.5. The lowest BCUT2D eigenvalue weighted by Gasteiger charge is -2.32. The third kappa shape index (κ3) is 4.18. The van der Waals surface area contributed by atoms with Crippen molar-refractivity contribution in [3.05, 3.63) is 35.9 Å². The summed E-state index contributed by atoms with van der Waals surface area (Å²) in [7, 11) is 0. The van der Waals surface area contributed by atoms with Crippen LogP contribution in [0.1, 0.15) is 24.8 Å². The fourth-order valence-electron chi connectivity index (χ4n) is 3.70. The van der Waals surface area contributed by atoms with E-state index in [9.17, 15) is 14.4 Å². The molecule has 0 spiro atoms. The number of rotatable bonds is 5. The minimum atomic E-state index is -0.843. The minimum absolute atomic E-state index is 0.0149. The molecule has 0 radical (unpaired) electrons. The minimum Gasteiger partial charge on any atom is -0.481 e. The highest BCUT2D eigenvalue weighted by atomic mass is 16.4. The molecule has 1 aromatic rings. The molecule has 2 atom stereocenters. The molecule has 0 aliphatic carbocycles. The number of carbonyl (C=O) groups is 3. The Morgan fingerprint density at radius 3 is 2.60 bits per heavy atom. The number of piperidine rings is 1. The first-order valence-corrected chi connectivity index (χ1v) is 8.88. The first-order valence-electron chi connectivity index (χ1n) is 8.88. The molecule has 2 fully saturated rings. The quantitative estimate of drug-likeness (QED) is 0.876. The van der Waals surface area contributed by atoms with E-state index in [1.807, 2.05) is 30.3 Å². The molecule has 3 rings (SSSR count). The summed E-state index contributed by atoms with van der Waals surface area (Å²) in [5.41, 5.74) is 1.17. The third-order valence-electron chi connectivity index (χ3n) is 5.16. The maximum Gasteiger partial charge on any atom is 0.308 e. The Bertz CT molecular complexity index is 646. The first-order chi connectivity index (χ1) is 12.0. The zero-order chi connectivity index (χ0) is 17.8. The summed E-state index contributed by atoms with van der Waals surface area (Å²) in [6, 6.07) is 9.97. The van der Waals surface area contributed by atoms with Crippen LogP contribution in [-0.2, 0) is 20.8 Å². The third-order valence-corrected chi connectivity index (χ3v) is 5.16. The predicted octanol–water partition coefficient (Wildman–Crippen LogP) is 1.40. The molecule has 134 valence electrons. The number of hydrogen-bond donors (Lipinski definition) is 1. The largest absolute Gasteiger partial charge is 0.481 e. The van der Waals surface area contributed by atoms with E-state index in [0.717, 1.165) is 6.42 Å². The van der Waals surface area contributed by atoms with E-state index in [1.54, 1.807) is 9.80 Å². The fraction of sp³-hybridized carbons (Fsp3) is 0.526. The Labute approximate surface area is 147 Å². The summed E-state index contributed by atoms with van der Waals surface area (Å²) < 4.78 is 0. The van der Waals surface area contributed by atoms with Gasteiger partial charge in [0, 0.05) is 32.6 Å². The van der Waals surface area contributed by atoms with Gasteiger partial charge in [-0.15, -0.1) is 0 Å². The van der Waals surface area contributed by atoms with Gasteiger partial charge in [-0.25, -0.2) is 0 Å². The summed E-state index contributed by atoms with van der Waals surface area (Å²) in [5.74, 6) is -1.72. The smallest absolute Gasteiger partial charge is 0.308 e. The maximum atomic E-state index is 12.7. The van der Waals surface area contributed by atoms with Gasteiger partial charge in [-0.2, -0.15) is 0 Å². The van der Waals surface area contributed by atoms with Crippen molar-refractivity contribution in [1.29, 1.82) is 0 Å². The van der Waals surface area contributed by atoms with Crippen LogP contribution in [0.15, 0.2) is 30.3 Å².